The van der Waals surface area contributed by atoms with E-state index in [0.717, 1.165) is 11.1 Å². The molecular formula is C22H25N3O2. The van der Waals surface area contributed by atoms with Gasteiger partial charge in [0.25, 0.3) is 0 Å². The second-order valence-corrected chi connectivity index (χ2v) is 6.73. The highest BCUT2D eigenvalue weighted by atomic mass is 16.2. The maximum Gasteiger partial charge on any atom is 0.228 e. The molecule has 0 radical (unpaired) electrons. The van der Waals surface area contributed by atoms with Crippen LogP contribution in [0.15, 0.2) is 60.9 Å². The third-order valence-electron chi connectivity index (χ3n) is 4.79. The van der Waals surface area contributed by atoms with E-state index in [1.54, 1.807) is 17.3 Å². The molecule has 0 N–H and O–H groups in total. The Kier molecular flexibility index (Phi) is 6.36. The van der Waals surface area contributed by atoms with Crippen LogP contribution in [0, 0.1) is 5.92 Å². The van der Waals surface area contributed by atoms with Crippen LogP contribution < -0.4 is 0 Å². The van der Waals surface area contributed by atoms with E-state index < -0.39 is 0 Å². The normalized spacial score (nSPS) is 16.9. The molecule has 0 bridgehead atoms. The molecule has 2 heterocycles. The summed E-state index contributed by atoms with van der Waals surface area (Å²) in [5.41, 5.74) is 2.09. The minimum atomic E-state index is -0.265. The van der Waals surface area contributed by atoms with Gasteiger partial charge in [0.15, 0.2) is 0 Å². The molecule has 2 amide bonds. The van der Waals surface area contributed by atoms with Gasteiger partial charge >= 0.3 is 0 Å². The Balaban J connectivity index is 1.57. The van der Waals surface area contributed by atoms with E-state index in [4.69, 9.17) is 0 Å². The van der Waals surface area contributed by atoms with E-state index in [0.29, 0.717) is 26.2 Å². The third-order valence-corrected chi connectivity index (χ3v) is 4.79. The van der Waals surface area contributed by atoms with Gasteiger partial charge in [-0.15, -0.1) is 0 Å². The second kappa shape index (κ2) is 9.12. The largest absolute Gasteiger partial charge is 0.339 e. The van der Waals surface area contributed by atoms with Crippen molar-refractivity contribution in [3.8, 4) is 0 Å². The van der Waals surface area contributed by atoms with Gasteiger partial charge in [-0.25, -0.2) is 0 Å². The number of pyridine rings is 1. The lowest BCUT2D eigenvalue weighted by molar-refractivity contribution is -0.135. The maximum atomic E-state index is 12.9. The number of likely N-dealkylation sites (tertiary alicyclic amines) is 1. The Labute approximate surface area is 160 Å². The highest BCUT2D eigenvalue weighted by Gasteiger charge is 2.35. The first-order valence-corrected chi connectivity index (χ1v) is 9.34. The van der Waals surface area contributed by atoms with Crippen LogP contribution in [-0.4, -0.2) is 46.2 Å². The summed E-state index contributed by atoms with van der Waals surface area (Å²) in [7, 11) is 0. The Morgan fingerprint density at radius 3 is 2.78 bits per heavy atom. The van der Waals surface area contributed by atoms with Crippen molar-refractivity contribution in [3.05, 3.63) is 72.1 Å². The van der Waals surface area contributed by atoms with Crippen molar-refractivity contribution in [2.75, 3.05) is 19.6 Å². The molecular weight excluding hydrogens is 338 g/mol. The molecule has 1 aromatic carbocycles. The van der Waals surface area contributed by atoms with Crippen molar-refractivity contribution in [1.29, 1.82) is 0 Å². The number of hydrogen-bond donors (Lipinski definition) is 0. The topological polar surface area (TPSA) is 53.5 Å². The number of carbonyl (C=O) groups is 2. The average molecular weight is 363 g/mol. The summed E-state index contributed by atoms with van der Waals surface area (Å²) in [6.07, 6.45) is 7.78. The zero-order valence-corrected chi connectivity index (χ0v) is 15.6. The molecule has 1 saturated heterocycles. The van der Waals surface area contributed by atoms with Crippen molar-refractivity contribution < 1.29 is 9.59 Å². The molecule has 1 aliphatic rings. The van der Waals surface area contributed by atoms with Crippen LogP contribution in [-0.2, 0) is 16.1 Å². The van der Waals surface area contributed by atoms with Crippen LogP contribution in [0.4, 0.5) is 0 Å². The average Bonchev–Trinajstić information content (AvgIpc) is 3.07. The number of nitrogens with zero attached hydrogens (tertiary/aromatic N) is 3. The van der Waals surface area contributed by atoms with Gasteiger partial charge in [-0.1, -0.05) is 48.6 Å². The van der Waals surface area contributed by atoms with Crippen LogP contribution in [0.1, 0.15) is 24.5 Å². The lowest BCUT2D eigenvalue weighted by Gasteiger charge is -2.23. The first-order chi connectivity index (χ1) is 13.2. The van der Waals surface area contributed by atoms with Gasteiger partial charge in [0.1, 0.15) is 0 Å². The first kappa shape index (κ1) is 18.8. The molecule has 5 heteroatoms. The molecule has 5 nitrogen and oxygen atoms in total. The predicted molar refractivity (Wildman–Crippen MR) is 105 cm³/mol. The smallest absolute Gasteiger partial charge is 0.228 e. The van der Waals surface area contributed by atoms with E-state index >= 15 is 0 Å². The van der Waals surface area contributed by atoms with Crippen LogP contribution >= 0.6 is 0 Å². The number of likely N-dealkylation sites (N-methyl/N-ethyl adjacent to an activating group) is 1. The van der Waals surface area contributed by atoms with Crippen LogP contribution in [0.3, 0.4) is 0 Å². The fraction of sp³-hybridized carbons (Fsp3) is 0.318. The Morgan fingerprint density at radius 2 is 2.07 bits per heavy atom. The predicted octanol–water partition coefficient (Wildman–Crippen LogP) is 2.99. The molecule has 1 aliphatic heterocycles. The van der Waals surface area contributed by atoms with Crippen molar-refractivity contribution in [3.63, 3.8) is 0 Å². The van der Waals surface area contributed by atoms with Crippen molar-refractivity contribution in [1.82, 2.24) is 14.8 Å². The molecule has 1 atom stereocenters. The number of amides is 2. The van der Waals surface area contributed by atoms with Crippen LogP contribution in [0.2, 0.25) is 0 Å². The summed E-state index contributed by atoms with van der Waals surface area (Å²) in [4.78, 5) is 32.8. The summed E-state index contributed by atoms with van der Waals surface area (Å²) in [5.74, 6) is -0.176. The summed E-state index contributed by atoms with van der Waals surface area (Å²) in [5, 5.41) is 0. The number of carbonyl (C=O) groups excluding carboxylic acids is 2. The van der Waals surface area contributed by atoms with Crippen molar-refractivity contribution >= 4 is 17.9 Å². The van der Waals surface area contributed by atoms with Gasteiger partial charge in [0.2, 0.25) is 11.8 Å². The molecule has 0 unspecified atom stereocenters. The second-order valence-electron chi connectivity index (χ2n) is 6.73. The van der Waals surface area contributed by atoms with Gasteiger partial charge in [0, 0.05) is 45.0 Å². The van der Waals surface area contributed by atoms with Crippen LogP contribution in [0.25, 0.3) is 6.08 Å². The van der Waals surface area contributed by atoms with Gasteiger partial charge < -0.3 is 9.80 Å². The SMILES string of the molecule is CCN(C/C=C/c1ccccc1)C(=O)[C@@H]1CC(=O)N(Cc2cccnc2)C1. The minimum Gasteiger partial charge on any atom is -0.339 e. The number of benzene rings is 1. The van der Waals surface area contributed by atoms with Gasteiger partial charge in [0.05, 0.1) is 5.92 Å². The quantitative estimate of drug-likeness (QED) is 0.760. The summed E-state index contributed by atoms with van der Waals surface area (Å²) in [6, 6.07) is 13.8. The third kappa shape index (κ3) is 5.03. The zero-order valence-electron chi connectivity index (χ0n) is 15.6. The zero-order chi connectivity index (χ0) is 19.1. The number of aromatic nitrogens is 1. The Bertz CT molecular complexity index is 790. The van der Waals surface area contributed by atoms with E-state index in [1.165, 1.54) is 0 Å². The Hall–Kier alpha value is -2.95. The Morgan fingerprint density at radius 1 is 1.26 bits per heavy atom. The fourth-order valence-electron chi connectivity index (χ4n) is 3.32. The lowest BCUT2D eigenvalue weighted by Crippen LogP contribution is -2.37. The van der Waals surface area contributed by atoms with Gasteiger partial charge in [-0.3, -0.25) is 14.6 Å². The van der Waals surface area contributed by atoms with Crippen molar-refractivity contribution in [2.24, 2.45) is 5.92 Å². The highest BCUT2D eigenvalue weighted by Crippen LogP contribution is 2.22. The molecule has 0 aliphatic carbocycles. The molecule has 140 valence electrons. The molecule has 2 aromatic rings. The molecule has 1 aromatic heterocycles. The van der Waals surface area contributed by atoms with Gasteiger partial charge in [-0.2, -0.15) is 0 Å². The molecule has 1 fully saturated rings. The van der Waals surface area contributed by atoms with Gasteiger partial charge in [-0.05, 0) is 24.1 Å². The van der Waals surface area contributed by atoms with Crippen molar-refractivity contribution in [2.45, 2.75) is 19.9 Å². The van der Waals surface area contributed by atoms with E-state index in [2.05, 4.69) is 4.98 Å². The maximum absolute atomic E-state index is 12.9. The van der Waals surface area contributed by atoms with Crippen LogP contribution in [0.5, 0.6) is 0 Å². The highest BCUT2D eigenvalue weighted by molar-refractivity contribution is 5.89. The van der Waals surface area contributed by atoms with E-state index in [1.807, 2.05) is 66.4 Å². The van der Waals surface area contributed by atoms with E-state index in [-0.39, 0.29) is 24.2 Å². The minimum absolute atomic E-state index is 0.0353. The lowest BCUT2D eigenvalue weighted by atomic mass is 10.1. The first-order valence-electron chi connectivity index (χ1n) is 9.34. The monoisotopic (exact) mass is 363 g/mol. The number of hydrogen-bond acceptors (Lipinski definition) is 3. The standard InChI is InChI=1S/C22H25N3O2/c1-2-24(13-7-11-18-8-4-3-5-9-18)22(27)20-14-21(26)25(17-20)16-19-10-6-12-23-15-19/h3-12,15,20H,2,13-14,16-17H2,1H3/b11-7+/t20-/m1/s1. The number of rotatable bonds is 7. The summed E-state index contributed by atoms with van der Waals surface area (Å²) < 4.78 is 0. The van der Waals surface area contributed by atoms with E-state index in [9.17, 15) is 9.59 Å². The molecule has 3 rings (SSSR count). The molecule has 0 spiro atoms. The summed E-state index contributed by atoms with van der Waals surface area (Å²) >= 11 is 0. The molecule has 0 saturated carbocycles. The summed E-state index contributed by atoms with van der Waals surface area (Å²) in [6.45, 7) is 4.14. The molecule has 27 heavy (non-hydrogen) atoms. The fourth-order valence-corrected chi connectivity index (χ4v) is 3.32.